The summed E-state index contributed by atoms with van der Waals surface area (Å²) in [4.78, 5) is 12.4. The second-order valence-electron chi connectivity index (χ2n) is 5.61. The van der Waals surface area contributed by atoms with E-state index in [4.69, 9.17) is 14.2 Å². The van der Waals surface area contributed by atoms with Crippen molar-refractivity contribution in [1.29, 1.82) is 5.26 Å². The Morgan fingerprint density at radius 1 is 1.15 bits per heavy atom. The normalized spacial score (nSPS) is 10.7. The Hall–Kier alpha value is -3.46. The number of hydrogen-bond acceptors (Lipinski definition) is 5. The maximum Gasteiger partial charge on any atom is 0.266 e. The quantitative estimate of drug-likeness (QED) is 0.563. The van der Waals surface area contributed by atoms with E-state index in [1.807, 2.05) is 13.0 Å². The Labute approximate surface area is 159 Å². The Morgan fingerprint density at radius 3 is 2.63 bits per heavy atom. The molecule has 0 bridgehead atoms. The third kappa shape index (κ3) is 5.51. The van der Waals surface area contributed by atoms with Gasteiger partial charge in [0.25, 0.3) is 5.91 Å². The van der Waals surface area contributed by atoms with Gasteiger partial charge in [0, 0.05) is 11.8 Å². The highest BCUT2D eigenvalue weighted by molar-refractivity contribution is 6.09. The van der Waals surface area contributed by atoms with Crippen LogP contribution in [0.2, 0.25) is 0 Å². The van der Waals surface area contributed by atoms with Crippen molar-refractivity contribution in [3.8, 4) is 23.3 Å². The van der Waals surface area contributed by atoms with Crippen LogP contribution in [0.15, 0.2) is 48.0 Å². The molecule has 140 valence electrons. The summed E-state index contributed by atoms with van der Waals surface area (Å²) in [7, 11) is 3.11. The van der Waals surface area contributed by atoms with Gasteiger partial charge >= 0.3 is 0 Å². The molecule has 0 atom stereocenters. The van der Waals surface area contributed by atoms with Crippen molar-refractivity contribution in [3.63, 3.8) is 0 Å². The molecule has 2 aromatic carbocycles. The Bertz CT molecular complexity index is 869. The highest BCUT2D eigenvalue weighted by Crippen LogP contribution is 2.29. The molecule has 0 aliphatic rings. The first-order chi connectivity index (χ1) is 13.1. The summed E-state index contributed by atoms with van der Waals surface area (Å²) in [6.45, 7) is 2.55. The van der Waals surface area contributed by atoms with Gasteiger partial charge in [0.15, 0.2) is 11.5 Å². The molecule has 6 heteroatoms. The fraction of sp³-hybridized carbons (Fsp3) is 0.238. The van der Waals surface area contributed by atoms with Gasteiger partial charge in [0.1, 0.15) is 17.4 Å². The molecule has 0 aliphatic carbocycles. The Morgan fingerprint density at radius 2 is 1.96 bits per heavy atom. The summed E-state index contributed by atoms with van der Waals surface area (Å²) in [5.74, 6) is 1.28. The van der Waals surface area contributed by atoms with Crippen LogP contribution >= 0.6 is 0 Å². The van der Waals surface area contributed by atoms with E-state index in [2.05, 4.69) is 5.32 Å². The number of ether oxygens (including phenoxy) is 3. The molecular formula is C21H22N2O4. The molecule has 1 amide bonds. The van der Waals surface area contributed by atoms with Crippen LogP contribution in [0.1, 0.15) is 18.9 Å². The summed E-state index contributed by atoms with van der Waals surface area (Å²) in [5, 5.41) is 12.1. The van der Waals surface area contributed by atoms with Crippen LogP contribution in [0.4, 0.5) is 5.69 Å². The van der Waals surface area contributed by atoms with Crippen LogP contribution in [-0.2, 0) is 4.79 Å². The number of amides is 1. The average molecular weight is 366 g/mol. The van der Waals surface area contributed by atoms with Crippen molar-refractivity contribution in [1.82, 2.24) is 0 Å². The third-order valence-corrected chi connectivity index (χ3v) is 3.65. The van der Waals surface area contributed by atoms with Crippen molar-refractivity contribution in [2.45, 2.75) is 13.3 Å². The molecule has 2 aromatic rings. The van der Waals surface area contributed by atoms with Gasteiger partial charge in [-0.1, -0.05) is 19.1 Å². The molecule has 0 radical (unpaired) electrons. The Balaban J connectivity index is 2.23. The number of carbonyl (C=O) groups is 1. The lowest BCUT2D eigenvalue weighted by molar-refractivity contribution is -0.112. The summed E-state index contributed by atoms with van der Waals surface area (Å²) in [6, 6.07) is 14.1. The maximum atomic E-state index is 12.4. The minimum absolute atomic E-state index is 0.0237. The zero-order chi connectivity index (χ0) is 19.6. The maximum absolute atomic E-state index is 12.4. The number of anilines is 1. The van der Waals surface area contributed by atoms with E-state index in [1.54, 1.807) is 56.7 Å². The minimum atomic E-state index is -0.502. The number of carbonyl (C=O) groups excluding carboxylic acids is 1. The number of rotatable bonds is 8. The number of nitriles is 1. The van der Waals surface area contributed by atoms with E-state index >= 15 is 0 Å². The first kappa shape index (κ1) is 19.9. The van der Waals surface area contributed by atoms with Gasteiger partial charge in [-0.15, -0.1) is 0 Å². The summed E-state index contributed by atoms with van der Waals surface area (Å²) >= 11 is 0. The molecule has 2 rings (SSSR count). The van der Waals surface area contributed by atoms with Crippen molar-refractivity contribution < 1.29 is 19.0 Å². The molecule has 0 fully saturated rings. The number of hydrogen-bond donors (Lipinski definition) is 1. The summed E-state index contributed by atoms with van der Waals surface area (Å²) in [6.07, 6.45) is 2.36. The second-order valence-corrected chi connectivity index (χ2v) is 5.61. The van der Waals surface area contributed by atoms with Crippen LogP contribution in [0.3, 0.4) is 0 Å². The number of nitrogens with zero attached hydrogens (tertiary/aromatic N) is 1. The molecule has 6 nitrogen and oxygen atoms in total. The first-order valence-corrected chi connectivity index (χ1v) is 8.49. The van der Waals surface area contributed by atoms with Gasteiger partial charge in [-0.2, -0.15) is 5.26 Å². The predicted molar refractivity (Wildman–Crippen MR) is 104 cm³/mol. The molecule has 0 heterocycles. The highest BCUT2D eigenvalue weighted by atomic mass is 16.5. The van der Waals surface area contributed by atoms with Gasteiger partial charge in [0.05, 0.1) is 20.8 Å². The lowest BCUT2D eigenvalue weighted by Crippen LogP contribution is -2.13. The Kier molecular flexibility index (Phi) is 7.26. The second kappa shape index (κ2) is 9.88. The van der Waals surface area contributed by atoms with Crippen LogP contribution in [0.5, 0.6) is 17.2 Å². The molecule has 0 aliphatic heterocycles. The zero-order valence-corrected chi connectivity index (χ0v) is 15.6. The van der Waals surface area contributed by atoms with Crippen LogP contribution in [0.25, 0.3) is 6.08 Å². The molecule has 0 spiro atoms. The third-order valence-electron chi connectivity index (χ3n) is 3.65. The van der Waals surface area contributed by atoms with Gasteiger partial charge in [-0.25, -0.2) is 0 Å². The van der Waals surface area contributed by atoms with Crippen molar-refractivity contribution >= 4 is 17.7 Å². The van der Waals surface area contributed by atoms with Crippen molar-refractivity contribution in [2.24, 2.45) is 0 Å². The van der Waals surface area contributed by atoms with Gasteiger partial charge < -0.3 is 19.5 Å². The first-order valence-electron chi connectivity index (χ1n) is 8.49. The number of nitrogens with one attached hydrogen (secondary N) is 1. The highest BCUT2D eigenvalue weighted by Gasteiger charge is 2.11. The van der Waals surface area contributed by atoms with E-state index in [1.165, 1.54) is 6.08 Å². The molecule has 1 N–H and O–H groups in total. The van der Waals surface area contributed by atoms with E-state index in [9.17, 15) is 10.1 Å². The summed E-state index contributed by atoms with van der Waals surface area (Å²) in [5.41, 5.74) is 1.19. The molecule has 0 unspecified atom stereocenters. The SMILES string of the molecule is CCCOc1cc(/C=C(/C#N)C(=O)Nc2cccc(OC)c2)ccc1OC. The van der Waals surface area contributed by atoms with E-state index in [-0.39, 0.29) is 5.57 Å². The molecule has 0 saturated heterocycles. The van der Waals surface area contributed by atoms with Gasteiger partial charge in [0.2, 0.25) is 0 Å². The monoisotopic (exact) mass is 366 g/mol. The average Bonchev–Trinajstić information content (AvgIpc) is 2.70. The largest absolute Gasteiger partial charge is 0.497 e. The topological polar surface area (TPSA) is 80.6 Å². The molecule has 0 saturated carbocycles. The molecule has 0 aromatic heterocycles. The smallest absolute Gasteiger partial charge is 0.266 e. The van der Waals surface area contributed by atoms with Gasteiger partial charge in [-0.3, -0.25) is 4.79 Å². The van der Waals surface area contributed by atoms with Crippen LogP contribution in [-0.4, -0.2) is 26.7 Å². The lowest BCUT2D eigenvalue weighted by Gasteiger charge is -2.11. The fourth-order valence-corrected chi connectivity index (χ4v) is 2.32. The molecular weight excluding hydrogens is 344 g/mol. The zero-order valence-electron chi connectivity index (χ0n) is 15.6. The lowest BCUT2D eigenvalue weighted by atomic mass is 10.1. The van der Waals surface area contributed by atoms with Crippen LogP contribution in [0, 0.1) is 11.3 Å². The fourth-order valence-electron chi connectivity index (χ4n) is 2.32. The van der Waals surface area contributed by atoms with Crippen molar-refractivity contribution in [2.75, 3.05) is 26.1 Å². The van der Waals surface area contributed by atoms with Gasteiger partial charge in [-0.05, 0) is 42.3 Å². The van der Waals surface area contributed by atoms with Crippen molar-refractivity contribution in [3.05, 3.63) is 53.6 Å². The number of methoxy groups -OCH3 is 2. The van der Waals surface area contributed by atoms with E-state index < -0.39 is 5.91 Å². The summed E-state index contributed by atoms with van der Waals surface area (Å²) < 4.78 is 16.1. The van der Waals surface area contributed by atoms with E-state index in [0.717, 1.165) is 6.42 Å². The standard InChI is InChI=1S/C21H22N2O4/c1-4-10-27-20-12-15(8-9-19(20)26-3)11-16(14-22)21(24)23-17-6-5-7-18(13-17)25-2/h5-9,11-13H,4,10H2,1-3H3,(H,23,24)/b16-11-. The molecule has 27 heavy (non-hydrogen) atoms. The van der Waals surface area contributed by atoms with Crippen LogP contribution < -0.4 is 19.5 Å². The van der Waals surface area contributed by atoms with E-state index in [0.29, 0.717) is 35.1 Å². The number of benzene rings is 2. The minimum Gasteiger partial charge on any atom is -0.497 e. The predicted octanol–water partition coefficient (Wildman–Crippen LogP) is 4.04.